The molecule has 2 aliphatic heterocycles. The van der Waals surface area contributed by atoms with Crippen LogP contribution in [0.25, 0.3) is 0 Å². The monoisotopic (exact) mass is 482 g/mol. The molecular formula is C27H25Cl2FN2O. The molecule has 2 heterocycles. The van der Waals surface area contributed by atoms with E-state index in [0.717, 1.165) is 29.5 Å². The highest BCUT2D eigenvalue weighted by atomic mass is 35.5. The van der Waals surface area contributed by atoms with E-state index in [1.165, 1.54) is 12.1 Å². The van der Waals surface area contributed by atoms with Gasteiger partial charge in [0.2, 0.25) is 5.91 Å². The first-order chi connectivity index (χ1) is 15.9. The Hall–Kier alpha value is -2.40. The Kier molecular flexibility index (Phi) is 5.94. The number of hydrogen-bond donors (Lipinski definition) is 1. The van der Waals surface area contributed by atoms with Crippen molar-refractivity contribution in [1.82, 2.24) is 4.90 Å². The van der Waals surface area contributed by atoms with Gasteiger partial charge in [0.15, 0.2) is 0 Å². The second-order valence-corrected chi connectivity index (χ2v) is 9.95. The molecule has 1 unspecified atom stereocenters. The summed E-state index contributed by atoms with van der Waals surface area (Å²) in [6.45, 7) is 0. The van der Waals surface area contributed by atoms with Crippen molar-refractivity contribution in [3.05, 3.63) is 105 Å². The van der Waals surface area contributed by atoms with Crippen molar-refractivity contribution in [2.75, 3.05) is 0 Å². The SMILES string of the molecule is NC(=O)C1(c2ccc(F)cc2)C[C@H]2CC[C@@H](C1)N2C(c1ccccc1Cl)c1ccccc1Cl. The first-order valence-electron chi connectivity index (χ1n) is 11.2. The fourth-order valence-electron chi connectivity index (χ4n) is 5.94. The van der Waals surface area contributed by atoms with Gasteiger partial charge >= 0.3 is 0 Å². The fraction of sp³-hybridized carbons (Fsp3) is 0.296. The van der Waals surface area contributed by atoms with Gasteiger partial charge in [-0.1, -0.05) is 71.7 Å². The van der Waals surface area contributed by atoms with E-state index in [9.17, 15) is 9.18 Å². The molecule has 0 saturated carbocycles. The Morgan fingerprint density at radius 1 is 0.879 bits per heavy atom. The van der Waals surface area contributed by atoms with Gasteiger partial charge in [-0.25, -0.2) is 4.39 Å². The van der Waals surface area contributed by atoms with Crippen LogP contribution in [0.4, 0.5) is 4.39 Å². The van der Waals surface area contributed by atoms with Gasteiger partial charge in [0, 0.05) is 22.1 Å². The maximum absolute atomic E-state index is 13.6. The van der Waals surface area contributed by atoms with Gasteiger partial charge in [-0.15, -0.1) is 0 Å². The molecule has 2 N–H and O–H groups in total. The third-order valence-electron chi connectivity index (χ3n) is 7.41. The van der Waals surface area contributed by atoms with Gasteiger partial charge in [-0.05, 0) is 66.6 Å². The number of fused-ring (bicyclic) bond motifs is 2. The maximum Gasteiger partial charge on any atom is 0.228 e. The molecule has 3 atom stereocenters. The lowest BCUT2D eigenvalue weighted by atomic mass is 9.68. The van der Waals surface area contributed by atoms with E-state index in [2.05, 4.69) is 4.90 Å². The number of amides is 1. The van der Waals surface area contributed by atoms with Gasteiger partial charge in [0.05, 0.1) is 11.5 Å². The molecule has 0 aromatic heterocycles. The Labute approximate surface area is 203 Å². The zero-order valence-corrected chi connectivity index (χ0v) is 19.6. The molecule has 1 amide bonds. The highest BCUT2D eigenvalue weighted by Crippen LogP contribution is 2.52. The number of halogens is 3. The Balaban J connectivity index is 1.60. The van der Waals surface area contributed by atoms with E-state index in [0.29, 0.717) is 22.9 Å². The molecule has 5 rings (SSSR count). The van der Waals surface area contributed by atoms with Crippen LogP contribution in [0.5, 0.6) is 0 Å². The van der Waals surface area contributed by atoms with Crippen molar-refractivity contribution < 1.29 is 9.18 Å². The van der Waals surface area contributed by atoms with Gasteiger partial charge in [-0.2, -0.15) is 0 Å². The molecule has 3 aromatic rings. The highest BCUT2D eigenvalue weighted by Gasteiger charge is 2.54. The van der Waals surface area contributed by atoms with Crippen molar-refractivity contribution in [3.63, 3.8) is 0 Å². The number of nitrogens with two attached hydrogens (primary N) is 1. The Morgan fingerprint density at radius 2 is 1.36 bits per heavy atom. The number of primary amides is 1. The van der Waals surface area contributed by atoms with E-state index in [-0.39, 0.29) is 29.8 Å². The second kappa shape index (κ2) is 8.75. The largest absolute Gasteiger partial charge is 0.369 e. The van der Waals surface area contributed by atoms with Crippen LogP contribution in [0.2, 0.25) is 10.0 Å². The number of rotatable bonds is 5. The van der Waals surface area contributed by atoms with E-state index in [1.807, 2.05) is 48.5 Å². The lowest BCUT2D eigenvalue weighted by Gasteiger charge is -2.48. The zero-order valence-electron chi connectivity index (χ0n) is 18.1. The van der Waals surface area contributed by atoms with Gasteiger partial charge in [0.1, 0.15) is 5.82 Å². The lowest BCUT2D eigenvalue weighted by molar-refractivity contribution is -0.127. The van der Waals surface area contributed by atoms with Gasteiger partial charge < -0.3 is 5.73 Å². The van der Waals surface area contributed by atoms with Crippen molar-refractivity contribution in [3.8, 4) is 0 Å². The molecule has 2 fully saturated rings. The van der Waals surface area contributed by atoms with Gasteiger partial charge in [-0.3, -0.25) is 9.69 Å². The highest BCUT2D eigenvalue weighted by molar-refractivity contribution is 6.32. The quantitative estimate of drug-likeness (QED) is 0.465. The van der Waals surface area contributed by atoms with Crippen LogP contribution >= 0.6 is 23.2 Å². The van der Waals surface area contributed by atoms with Crippen LogP contribution in [0.15, 0.2) is 72.8 Å². The van der Waals surface area contributed by atoms with E-state index in [4.69, 9.17) is 28.9 Å². The van der Waals surface area contributed by atoms with E-state index in [1.54, 1.807) is 12.1 Å². The number of benzene rings is 3. The number of nitrogens with zero attached hydrogens (tertiary/aromatic N) is 1. The maximum atomic E-state index is 13.6. The standard InChI is InChI=1S/C27H25Cl2FN2O/c28-23-7-3-1-5-21(23)25(22-6-2-4-8-24(22)29)32-19-13-14-20(32)16-27(15-19,26(31)33)17-9-11-18(30)12-10-17/h1-12,19-20,25H,13-16H2,(H2,31,33)/t19-,20+,27?. The summed E-state index contributed by atoms with van der Waals surface area (Å²) in [5.74, 6) is -0.672. The van der Waals surface area contributed by atoms with Crippen LogP contribution in [-0.4, -0.2) is 22.9 Å². The van der Waals surface area contributed by atoms with Crippen molar-refractivity contribution in [1.29, 1.82) is 0 Å². The number of carbonyl (C=O) groups excluding carboxylic acids is 1. The fourth-order valence-corrected chi connectivity index (χ4v) is 6.41. The van der Waals surface area contributed by atoms with Crippen LogP contribution in [-0.2, 0) is 10.2 Å². The van der Waals surface area contributed by atoms with Crippen LogP contribution < -0.4 is 5.73 Å². The molecule has 2 aliphatic rings. The Bertz CT molecular complexity index is 1120. The molecular weight excluding hydrogens is 458 g/mol. The topological polar surface area (TPSA) is 46.3 Å². The third kappa shape index (κ3) is 3.84. The van der Waals surface area contributed by atoms with Crippen molar-refractivity contribution >= 4 is 29.1 Å². The van der Waals surface area contributed by atoms with Crippen molar-refractivity contribution in [2.24, 2.45) is 5.73 Å². The minimum absolute atomic E-state index is 0.110. The van der Waals surface area contributed by atoms with E-state index >= 15 is 0 Å². The molecule has 6 heteroatoms. The summed E-state index contributed by atoms with van der Waals surface area (Å²) in [5.41, 5.74) is 7.99. The average molecular weight is 483 g/mol. The summed E-state index contributed by atoms with van der Waals surface area (Å²) in [4.78, 5) is 15.4. The number of piperidine rings is 1. The summed E-state index contributed by atoms with van der Waals surface area (Å²) in [6, 6.07) is 22.0. The molecule has 2 saturated heterocycles. The number of carbonyl (C=O) groups is 1. The smallest absolute Gasteiger partial charge is 0.228 e. The summed E-state index contributed by atoms with van der Waals surface area (Å²) < 4.78 is 13.6. The predicted octanol–water partition coefficient (Wildman–Crippen LogP) is 6.27. The minimum atomic E-state index is -0.818. The predicted molar refractivity (Wildman–Crippen MR) is 130 cm³/mol. The van der Waals surface area contributed by atoms with Crippen LogP contribution in [0, 0.1) is 5.82 Å². The molecule has 2 bridgehead atoms. The molecule has 170 valence electrons. The summed E-state index contributed by atoms with van der Waals surface area (Å²) in [6.07, 6.45) is 3.06. The molecule has 0 spiro atoms. The second-order valence-electron chi connectivity index (χ2n) is 9.14. The molecule has 3 aromatic carbocycles. The Morgan fingerprint density at radius 3 is 1.82 bits per heavy atom. The van der Waals surface area contributed by atoms with E-state index < -0.39 is 5.41 Å². The van der Waals surface area contributed by atoms with Crippen LogP contribution in [0.1, 0.15) is 48.4 Å². The summed E-state index contributed by atoms with van der Waals surface area (Å²) >= 11 is 13.4. The van der Waals surface area contributed by atoms with Gasteiger partial charge in [0.25, 0.3) is 0 Å². The average Bonchev–Trinajstić information content (AvgIpc) is 3.06. The van der Waals surface area contributed by atoms with Crippen molar-refractivity contribution in [2.45, 2.75) is 49.2 Å². The third-order valence-corrected chi connectivity index (χ3v) is 8.10. The molecule has 33 heavy (non-hydrogen) atoms. The first kappa shape index (κ1) is 22.4. The normalized spacial score (nSPS) is 24.8. The molecule has 3 nitrogen and oxygen atoms in total. The van der Waals surface area contributed by atoms with Crippen LogP contribution in [0.3, 0.4) is 0 Å². The molecule has 0 radical (unpaired) electrons. The lowest BCUT2D eigenvalue weighted by Crippen LogP contribution is -2.55. The number of hydrogen-bond acceptors (Lipinski definition) is 2. The minimum Gasteiger partial charge on any atom is -0.369 e. The molecule has 0 aliphatic carbocycles. The summed E-state index contributed by atoms with van der Waals surface area (Å²) in [7, 11) is 0. The first-order valence-corrected chi connectivity index (χ1v) is 12.0. The summed E-state index contributed by atoms with van der Waals surface area (Å²) in [5, 5.41) is 1.37. The zero-order chi connectivity index (χ0) is 23.2.